The molecule has 0 fully saturated rings. The second kappa shape index (κ2) is 7.84. The van der Waals surface area contributed by atoms with Gasteiger partial charge in [-0.2, -0.15) is 4.31 Å². The molecule has 0 aromatic heterocycles. The largest absolute Gasteiger partial charge is 0.272 e. The number of carbonyl (C=O) groups is 1. The molecule has 0 atom stereocenters. The molecule has 4 nitrogen and oxygen atoms in total. The summed E-state index contributed by atoms with van der Waals surface area (Å²) < 4.78 is 27.6. The minimum Gasteiger partial charge on any atom is -0.268 e. The normalized spacial score (nSPS) is 11.9. The van der Waals surface area contributed by atoms with Gasteiger partial charge in [-0.3, -0.25) is 4.79 Å². The number of amides is 1. The molecular formula is C24H25NO3S. The highest BCUT2D eigenvalue weighted by Gasteiger charge is 2.32. The van der Waals surface area contributed by atoms with E-state index in [1.54, 1.807) is 54.6 Å². The van der Waals surface area contributed by atoms with Gasteiger partial charge in [-0.1, -0.05) is 68.8 Å². The molecule has 0 N–H and O–H groups in total. The first kappa shape index (κ1) is 20.8. The number of nitrogens with zero attached hydrogens (tertiary/aromatic N) is 1. The summed E-state index contributed by atoms with van der Waals surface area (Å²) in [5, 5.41) is 0. The van der Waals surface area contributed by atoms with Crippen molar-refractivity contribution >= 4 is 21.6 Å². The SMILES string of the molecule is Cc1ccc(N(C(=O)c2ccc(C(C)(C)C)cc2)S(=O)(=O)c2ccccc2)cc1. The number of aryl methyl sites for hydroxylation is 1. The highest BCUT2D eigenvalue weighted by atomic mass is 32.2. The number of rotatable bonds is 4. The number of hydrogen-bond acceptors (Lipinski definition) is 3. The smallest absolute Gasteiger partial charge is 0.268 e. The minimum atomic E-state index is -4.07. The minimum absolute atomic E-state index is 0.0612. The number of carbonyl (C=O) groups excluding carboxylic acids is 1. The zero-order valence-electron chi connectivity index (χ0n) is 17.1. The summed E-state index contributed by atoms with van der Waals surface area (Å²) in [5.41, 5.74) is 2.62. The number of hydrogen-bond donors (Lipinski definition) is 0. The van der Waals surface area contributed by atoms with Gasteiger partial charge in [0.25, 0.3) is 15.9 Å². The summed E-state index contributed by atoms with van der Waals surface area (Å²) in [7, 11) is -4.07. The lowest BCUT2D eigenvalue weighted by atomic mass is 9.87. The van der Waals surface area contributed by atoms with Crippen LogP contribution in [0.25, 0.3) is 0 Å². The van der Waals surface area contributed by atoms with Crippen molar-refractivity contribution in [2.45, 2.75) is 38.0 Å². The standard InChI is InChI=1S/C24H25NO3S/c1-18-10-16-21(17-11-18)25(29(27,28)22-8-6-5-7-9-22)23(26)19-12-14-20(15-13-19)24(2,3)4/h5-17H,1-4H3. The molecule has 0 bridgehead atoms. The van der Waals surface area contributed by atoms with Crippen molar-refractivity contribution in [2.24, 2.45) is 0 Å². The van der Waals surface area contributed by atoms with Crippen molar-refractivity contribution in [2.75, 3.05) is 4.31 Å². The van der Waals surface area contributed by atoms with Gasteiger partial charge in [0.05, 0.1) is 10.6 Å². The predicted octanol–water partition coefficient (Wildman–Crippen LogP) is 5.33. The second-order valence-electron chi connectivity index (χ2n) is 8.05. The summed E-state index contributed by atoms with van der Waals surface area (Å²) in [6, 6.07) is 22.0. The molecule has 0 heterocycles. The lowest BCUT2D eigenvalue weighted by Crippen LogP contribution is -2.37. The number of anilines is 1. The van der Waals surface area contributed by atoms with E-state index in [-0.39, 0.29) is 10.3 Å². The zero-order valence-corrected chi connectivity index (χ0v) is 17.9. The molecule has 0 aliphatic carbocycles. The Hall–Kier alpha value is -2.92. The van der Waals surface area contributed by atoms with E-state index < -0.39 is 15.9 Å². The summed E-state index contributed by atoms with van der Waals surface area (Å²) in [5.74, 6) is -0.585. The average Bonchev–Trinajstić information content (AvgIpc) is 2.69. The molecule has 3 aromatic carbocycles. The molecule has 0 saturated heterocycles. The van der Waals surface area contributed by atoms with Crippen LogP contribution in [0.5, 0.6) is 0 Å². The predicted molar refractivity (Wildman–Crippen MR) is 117 cm³/mol. The van der Waals surface area contributed by atoms with E-state index in [1.807, 2.05) is 19.1 Å². The van der Waals surface area contributed by atoms with Crippen LogP contribution in [0.2, 0.25) is 0 Å². The topological polar surface area (TPSA) is 54.5 Å². The Kier molecular flexibility index (Phi) is 5.62. The Balaban J connectivity index is 2.10. The third-order valence-corrected chi connectivity index (χ3v) is 6.46. The first-order valence-electron chi connectivity index (χ1n) is 9.42. The van der Waals surface area contributed by atoms with Crippen LogP contribution in [0.4, 0.5) is 5.69 Å². The van der Waals surface area contributed by atoms with Gasteiger partial charge in [0.1, 0.15) is 0 Å². The summed E-state index contributed by atoms with van der Waals surface area (Å²) in [6.07, 6.45) is 0. The maximum atomic E-state index is 13.4. The molecular weight excluding hydrogens is 382 g/mol. The molecule has 0 radical (unpaired) electrons. The fourth-order valence-electron chi connectivity index (χ4n) is 2.97. The Morgan fingerprint density at radius 2 is 1.34 bits per heavy atom. The third-order valence-electron chi connectivity index (χ3n) is 4.73. The van der Waals surface area contributed by atoms with Crippen molar-refractivity contribution in [3.8, 4) is 0 Å². The van der Waals surface area contributed by atoms with E-state index in [2.05, 4.69) is 20.8 Å². The first-order chi connectivity index (χ1) is 13.6. The zero-order chi connectivity index (χ0) is 21.2. The van der Waals surface area contributed by atoms with E-state index in [0.717, 1.165) is 15.4 Å². The van der Waals surface area contributed by atoms with Gasteiger partial charge >= 0.3 is 0 Å². The van der Waals surface area contributed by atoms with Gasteiger partial charge in [-0.15, -0.1) is 0 Å². The molecule has 150 valence electrons. The van der Waals surface area contributed by atoms with Gasteiger partial charge in [-0.05, 0) is 54.3 Å². The van der Waals surface area contributed by atoms with Crippen molar-refractivity contribution in [1.82, 2.24) is 0 Å². The summed E-state index contributed by atoms with van der Waals surface area (Å²) in [6.45, 7) is 8.17. The highest BCUT2D eigenvalue weighted by Crippen LogP contribution is 2.28. The third kappa shape index (κ3) is 4.40. The van der Waals surface area contributed by atoms with Gasteiger partial charge < -0.3 is 0 Å². The lowest BCUT2D eigenvalue weighted by Gasteiger charge is -2.24. The molecule has 0 aliphatic rings. The van der Waals surface area contributed by atoms with Crippen LogP contribution in [-0.2, 0) is 15.4 Å². The van der Waals surface area contributed by atoms with Crippen molar-refractivity contribution < 1.29 is 13.2 Å². The van der Waals surface area contributed by atoms with Gasteiger partial charge in [-0.25, -0.2) is 8.42 Å². The maximum absolute atomic E-state index is 13.4. The lowest BCUT2D eigenvalue weighted by molar-refractivity contribution is 0.101. The van der Waals surface area contributed by atoms with E-state index in [9.17, 15) is 13.2 Å². The second-order valence-corrected chi connectivity index (χ2v) is 9.84. The van der Waals surface area contributed by atoms with Crippen LogP contribution >= 0.6 is 0 Å². The monoisotopic (exact) mass is 407 g/mol. The van der Waals surface area contributed by atoms with Crippen LogP contribution < -0.4 is 4.31 Å². The molecule has 0 saturated carbocycles. The molecule has 0 spiro atoms. The van der Waals surface area contributed by atoms with Crippen molar-refractivity contribution in [3.63, 3.8) is 0 Å². The van der Waals surface area contributed by atoms with Gasteiger partial charge in [0, 0.05) is 5.56 Å². The van der Waals surface area contributed by atoms with E-state index in [4.69, 9.17) is 0 Å². The average molecular weight is 408 g/mol. The van der Waals surface area contributed by atoms with Crippen molar-refractivity contribution in [1.29, 1.82) is 0 Å². The van der Waals surface area contributed by atoms with Gasteiger partial charge in [0.15, 0.2) is 0 Å². The summed E-state index contributed by atoms with van der Waals surface area (Å²) >= 11 is 0. The fraction of sp³-hybridized carbons (Fsp3) is 0.208. The Labute approximate surface area is 172 Å². The highest BCUT2D eigenvalue weighted by molar-refractivity contribution is 7.93. The van der Waals surface area contributed by atoms with Crippen LogP contribution in [0.3, 0.4) is 0 Å². The molecule has 3 rings (SSSR count). The Morgan fingerprint density at radius 3 is 1.86 bits per heavy atom. The molecule has 5 heteroatoms. The van der Waals surface area contributed by atoms with E-state index in [0.29, 0.717) is 11.3 Å². The Morgan fingerprint density at radius 1 is 0.793 bits per heavy atom. The summed E-state index contributed by atoms with van der Waals surface area (Å²) in [4.78, 5) is 13.4. The first-order valence-corrected chi connectivity index (χ1v) is 10.9. The van der Waals surface area contributed by atoms with Crippen LogP contribution in [0, 0.1) is 6.92 Å². The number of sulfonamides is 1. The van der Waals surface area contributed by atoms with Crippen molar-refractivity contribution in [3.05, 3.63) is 95.6 Å². The molecule has 0 unspecified atom stereocenters. The molecule has 29 heavy (non-hydrogen) atoms. The quantitative estimate of drug-likeness (QED) is 0.587. The van der Waals surface area contributed by atoms with Crippen LogP contribution in [0.15, 0.2) is 83.8 Å². The molecule has 0 aliphatic heterocycles. The maximum Gasteiger partial charge on any atom is 0.272 e. The van der Waals surface area contributed by atoms with Gasteiger partial charge in [0.2, 0.25) is 0 Å². The number of benzene rings is 3. The Bertz CT molecular complexity index is 1100. The van der Waals surface area contributed by atoms with E-state index in [1.165, 1.54) is 12.1 Å². The van der Waals surface area contributed by atoms with E-state index >= 15 is 0 Å². The molecule has 3 aromatic rings. The molecule has 1 amide bonds. The van der Waals surface area contributed by atoms with Crippen LogP contribution in [-0.4, -0.2) is 14.3 Å². The fourth-order valence-corrected chi connectivity index (χ4v) is 4.41. The van der Waals surface area contributed by atoms with Crippen LogP contribution in [0.1, 0.15) is 42.3 Å².